The Hall–Kier alpha value is -2.72. The summed E-state index contributed by atoms with van der Waals surface area (Å²) >= 11 is 2.80. The third-order valence-corrected chi connectivity index (χ3v) is 4.76. The van der Waals surface area contributed by atoms with Crippen LogP contribution in [0.15, 0.2) is 46.9 Å². The number of esters is 1. The largest absolute Gasteiger partial charge is 0.451 e. The van der Waals surface area contributed by atoms with Gasteiger partial charge in [-0.25, -0.2) is 4.79 Å². The molecule has 0 radical (unpaired) electrons. The lowest BCUT2D eigenvalue weighted by atomic mass is 10.3. The molecule has 0 spiro atoms. The second-order valence-electron chi connectivity index (χ2n) is 4.74. The third-order valence-electron chi connectivity index (χ3n) is 3.13. The summed E-state index contributed by atoms with van der Waals surface area (Å²) in [5.41, 5.74) is 1.15. The number of hydrogen-bond donors (Lipinski definition) is 1. The molecule has 1 aromatic carbocycles. The number of benzene rings is 1. The van der Waals surface area contributed by atoms with Gasteiger partial charge in [0, 0.05) is 10.6 Å². The Balaban J connectivity index is 1.57. The van der Waals surface area contributed by atoms with Crippen LogP contribution in [0.3, 0.4) is 0 Å². The Kier molecular flexibility index (Phi) is 5.41. The molecule has 10 heteroatoms. The Bertz CT molecular complexity index is 862. The summed E-state index contributed by atoms with van der Waals surface area (Å²) in [4.78, 5) is 25.5. The fourth-order valence-electron chi connectivity index (χ4n) is 1.98. The number of carbonyl (C=O) groups is 2. The highest BCUT2D eigenvalue weighted by Gasteiger charge is 2.18. The smallest absolute Gasteiger partial charge is 0.351 e. The van der Waals surface area contributed by atoms with Gasteiger partial charge in [0.1, 0.15) is 11.2 Å². The number of amides is 1. The zero-order valence-corrected chi connectivity index (χ0v) is 14.7. The summed E-state index contributed by atoms with van der Waals surface area (Å²) in [5.74, 6) is -1.01. The van der Waals surface area contributed by atoms with Crippen molar-refractivity contribution >= 4 is 40.7 Å². The van der Waals surface area contributed by atoms with Gasteiger partial charge in [0.25, 0.3) is 5.91 Å². The van der Waals surface area contributed by atoms with Gasteiger partial charge in [0.05, 0.1) is 5.69 Å². The average Bonchev–Trinajstić information content (AvgIpc) is 3.31. The number of thioether (sulfide) groups is 1. The Morgan fingerprint density at radius 2 is 2.08 bits per heavy atom. The lowest BCUT2D eigenvalue weighted by Crippen LogP contribution is -2.21. The number of thiophene rings is 1. The van der Waals surface area contributed by atoms with Gasteiger partial charge >= 0.3 is 5.97 Å². The standard InChI is InChI=1S/C15H13N5O3S2/c1-24-11-4-2-10(3-5-11)17-13(21)8-23-15(22)14-12(6-7-25-14)20-9-16-18-19-20/h2-7,9H,8H2,1H3,(H,17,21). The summed E-state index contributed by atoms with van der Waals surface area (Å²) in [6.07, 6.45) is 3.35. The van der Waals surface area contributed by atoms with Gasteiger partial charge in [0.15, 0.2) is 6.61 Å². The lowest BCUT2D eigenvalue weighted by Gasteiger charge is -2.07. The van der Waals surface area contributed by atoms with E-state index in [0.29, 0.717) is 16.3 Å². The molecule has 0 aliphatic rings. The predicted molar refractivity (Wildman–Crippen MR) is 94.2 cm³/mol. The van der Waals surface area contributed by atoms with Gasteiger partial charge in [-0.3, -0.25) is 4.79 Å². The second-order valence-corrected chi connectivity index (χ2v) is 6.54. The zero-order valence-electron chi connectivity index (χ0n) is 13.1. The van der Waals surface area contributed by atoms with Crippen molar-refractivity contribution in [3.8, 4) is 5.69 Å². The quantitative estimate of drug-likeness (QED) is 0.521. The average molecular weight is 375 g/mol. The van der Waals surface area contributed by atoms with E-state index in [9.17, 15) is 9.59 Å². The molecule has 3 rings (SSSR count). The monoisotopic (exact) mass is 375 g/mol. The minimum atomic E-state index is -0.603. The maximum Gasteiger partial charge on any atom is 0.351 e. The highest BCUT2D eigenvalue weighted by Crippen LogP contribution is 2.21. The molecule has 0 saturated carbocycles. The van der Waals surface area contributed by atoms with Crippen LogP contribution >= 0.6 is 23.1 Å². The molecule has 2 heterocycles. The number of aromatic nitrogens is 4. The Morgan fingerprint density at radius 3 is 2.76 bits per heavy atom. The Morgan fingerprint density at radius 1 is 1.28 bits per heavy atom. The van der Waals surface area contributed by atoms with Gasteiger partial charge < -0.3 is 10.1 Å². The fraction of sp³-hybridized carbons (Fsp3) is 0.133. The van der Waals surface area contributed by atoms with Gasteiger partial charge in [-0.1, -0.05) is 0 Å². The maximum atomic E-state index is 12.2. The van der Waals surface area contributed by atoms with Crippen molar-refractivity contribution < 1.29 is 14.3 Å². The molecule has 1 amide bonds. The van der Waals surface area contributed by atoms with Crippen molar-refractivity contribution in [2.75, 3.05) is 18.2 Å². The number of nitrogens with one attached hydrogen (secondary N) is 1. The minimum absolute atomic E-state index is 0.324. The molecule has 8 nitrogen and oxygen atoms in total. The van der Waals surface area contributed by atoms with Crippen LogP contribution < -0.4 is 5.32 Å². The first-order valence-corrected chi connectivity index (χ1v) is 9.19. The van der Waals surface area contributed by atoms with Crippen molar-refractivity contribution in [2.45, 2.75) is 4.90 Å². The van der Waals surface area contributed by atoms with Crippen LogP contribution in [0, 0.1) is 0 Å². The van der Waals surface area contributed by atoms with Gasteiger partial charge in [-0.15, -0.1) is 28.2 Å². The van der Waals surface area contributed by atoms with E-state index in [1.165, 1.54) is 22.3 Å². The van der Waals surface area contributed by atoms with E-state index in [4.69, 9.17) is 4.74 Å². The zero-order chi connectivity index (χ0) is 17.6. The predicted octanol–water partition coefficient (Wildman–Crippen LogP) is 2.24. The minimum Gasteiger partial charge on any atom is -0.451 e. The molecule has 0 bridgehead atoms. The summed E-state index contributed by atoms with van der Waals surface area (Å²) in [5, 5.41) is 15.2. The van der Waals surface area contributed by atoms with E-state index in [2.05, 4.69) is 20.8 Å². The molecule has 128 valence electrons. The Labute approximate surface area is 151 Å². The van der Waals surface area contributed by atoms with E-state index < -0.39 is 11.9 Å². The normalized spacial score (nSPS) is 10.4. The number of anilines is 1. The molecule has 0 aliphatic carbocycles. The van der Waals surface area contributed by atoms with Crippen LogP contribution in [-0.2, 0) is 9.53 Å². The van der Waals surface area contributed by atoms with Crippen LogP contribution in [0.25, 0.3) is 5.69 Å². The molecular weight excluding hydrogens is 362 g/mol. The number of nitrogens with zero attached hydrogens (tertiary/aromatic N) is 4. The van der Waals surface area contributed by atoms with Crippen LogP contribution in [0.4, 0.5) is 5.69 Å². The first kappa shape index (κ1) is 17.1. The van der Waals surface area contributed by atoms with Crippen molar-refractivity contribution in [2.24, 2.45) is 0 Å². The molecule has 25 heavy (non-hydrogen) atoms. The summed E-state index contributed by atoms with van der Waals surface area (Å²) in [7, 11) is 0. The highest BCUT2D eigenvalue weighted by molar-refractivity contribution is 7.98. The number of rotatable bonds is 6. The molecular formula is C15H13N5O3S2. The van der Waals surface area contributed by atoms with E-state index in [1.807, 2.05) is 18.4 Å². The van der Waals surface area contributed by atoms with E-state index in [-0.39, 0.29) is 6.61 Å². The van der Waals surface area contributed by atoms with Gasteiger partial charge in [-0.05, 0) is 52.4 Å². The molecule has 1 N–H and O–H groups in total. The maximum absolute atomic E-state index is 12.2. The van der Waals surface area contributed by atoms with E-state index in [1.54, 1.807) is 35.3 Å². The molecule has 0 aliphatic heterocycles. The number of ether oxygens (including phenoxy) is 1. The van der Waals surface area contributed by atoms with E-state index in [0.717, 1.165) is 4.90 Å². The van der Waals surface area contributed by atoms with Crippen molar-refractivity contribution in [3.05, 3.63) is 46.9 Å². The van der Waals surface area contributed by atoms with Crippen molar-refractivity contribution in [1.29, 1.82) is 0 Å². The molecule has 0 saturated heterocycles. The van der Waals surface area contributed by atoms with Crippen LogP contribution in [-0.4, -0.2) is 44.9 Å². The number of hydrogen-bond acceptors (Lipinski definition) is 8. The SMILES string of the molecule is CSc1ccc(NC(=O)COC(=O)c2sccc2-n2cnnn2)cc1. The molecule has 0 atom stereocenters. The summed E-state index contributed by atoms with van der Waals surface area (Å²) < 4.78 is 6.44. The third kappa shape index (κ3) is 4.22. The van der Waals surface area contributed by atoms with Crippen molar-refractivity contribution in [1.82, 2.24) is 20.2 Å². The number of carbonyl (C=O) groups excluding carboxylic acids is 2. The molecule has 0 unspecified atom stereocenters. The molecule has 2 aromatic heterocycles. The van der Waals surface area contributed by atoms with E-state index >= 15 is 0 Å². The first-order chi connectivity index (χ1) is 12.2. The molecule has 0 fully saturated rings. The summed E-state index contributed by atoms with van der Waals surface area (Å²) in [6, 6.07) is 9.08. The highest BCUT2D eigenvalue weighted by atomic mass is 32.2. The van der Waals surface area contributed by atoms with Crippen LogP contribution in [0.2, 0.25) is 0 Å². The van der Waals surface area contributed by atoms with Gasteiger partial charge in [0.2, 0.25) is 0 Å². The van der Waals surface area contributed by atoms with Gasteiger partial charge in [-0.2, -0.15) is 4.68 Å². The second kappa shape index (κ2) is 7.90. The first-order valence-electron chi connectivity index (χ1n) is 7.09. The lowest BCUT2D eigenvalue weighted by molar-refractivity contribution is -0.119. The summed E-state index contributed by atoms with van der Waals surface area (Å²) in [6.45, 7) is -0.379. The van der Waals surface area contributed by atoms with Crippen LogP contribution in [0.5, 0.6) is 0 Å². The topological polar surface area (TPSA) is 99.0 Å². The van der Waals surface area contributed by atoms with Crippen molar-refractivity contribution in [3.63, 3.8) is 0 Å². The molecule has 3 aromatic rings. The fourth-order valence-corrected chi connectivity index (χ4v) is 3.15. The van der Waals surface area contributed by atoms with Crippen LogP contribution in [0.1, 0.15) is 9.67 Å². The number of tetrazole rings is 1.